The van der Waals surface area contributed by atoms with Crippen LogP contribution < -0.4 is 5.32 Å². The molecule has 0 bridgehead atoms. The van der Waals surface area contributed by atoms with Crippen molar-refractivity contribution in [3.05, 3.63) is 35.9 Å². The number of nitrogens with one attached hydrogen (secondary N) is 1. The average Bonchev–Trinajstić information content (AvgIpc) is 3.27. The molecule has 1 saturated heterocycles. The van der Waals surface area contributed by atoms with Crippen molar-refractivity contribution in [2.24, 2.45) is 17.8 Å². The van der Waals surface area contributed by atoms with E-state index < -0.39 is 0 Å². The van der Waals surface area contributed by atoms with Crippen LogP contribution in [0.15, 0.2) is 30.3 Å². The van der Waals surface area contributed by atoms with E-state index >= 15 is 0 Å². The summed E-state index contributed by atoms with van der Waals surface area (Å²) in [5.74, 6) is 1.06. The normalized spacial score (nSPS) is 19.3. The maximum absolute atomic E-state index is 13.0. The number of ether oxygens (including phenoxy) is 1. The molecular formula is C24H36N2O3. The van der Waals surface area contributed by atoms with Crippen LogP contribution in [0.1, 0.15) is 57.9 Å². The highest BCUT2D eigenvalue weighted by atomic mass is 16.6. The van der Waals surface area contributed by atoms with Crippen LogP contribution in [0, 0.1) is 17.8 Å². The summed E-state index contributed by atoms with van der Waals surface area (Å²) >= 11 is 0. The maximum atomic E-state index is 13.0. The number of benzene rings is 1. The van der Waals surface area contributed by atoms with Gasteiger partial charge in [0, 0.05) is 25.0 Å². The summed E-state index contributed by atoms with van der Waals surface area (Å²) in [4.78, 5) is 26.9. The van der Waals surface area contributed by atoms with Crippen LogP contribution >= 0.6 is 0 Å². The summed E-state index contributed by atoms with van der Waals surface area (Å²) in [5, 5.41) is 3.39. The fourth-order valence-corrected chi connectivity index (χ4v) is 4.52. The number of rotatable bonds is 7. The first-order chi connectivity index (χ1) is 14.0. The molecule has 1 heterocycles. The summed E-state index contributed by atoms with van der Waals surface area (Å²) < 4.78 is 5.32. The molecule has 2 fully saturated rings. The molecule has 2 aliphatic rings. The molecule has 0 aromatic heterocycles. The quantitative estimate of drug-likeness (QED) is 0.738. The van der Waals surface area contributed by atoms with Gasteiger partial charge in [0.15, 0.2) is 0 Å². The number of likely N-dealkylation sites (tertiary alicyclic amines) is 1. The van der Waals surface area contributed by atoms with Gasteiger partial charge in [-0.25, -0.2) is 4.79 Å². The highest BCUT2D eigenvalue weighted by Gasteiger charge is 2.32. The second kappa shape index (κ2) is 10.7. The highest BCUT2D eigenvalue weighted by molar-refractivity contribution is 5.79. The third kappa shape index (κ3) is 6.48. The van der Waals surface area contributed by atoms with Gasteiger partial charge in [0.1, 0.15) is 0 Å². The molecule has 0 spiro atoms. The van der Waals surface area contributed by atoms with Gasteiger partial charge < -0.3 is 15.0 Å². The lowest BCUT2D eigenvalue weighted by Crippen LogP contribution is -2.47. The van der Waals surface area contributed by atoms with Crippen LogP contribution in [0.5, 0.6) is 0 Å². The van der Waals surface area contributed by atoms with Crippen molar-refractivity contribution in [1.29, 1.82) is 0 Å². The molecule has 1 N–H and O–H groups in total. The number of carbonyl (C=O) groups is 2. The first-order valence-electron chi connectivity index (χ1n) is 11.3. The predicted molar refractivity (Wildman–Crippen MR) is 115 cm³/mol. The van der Waals surface area contributed by atoms with E-state index in [4.69, 9.17) is 4.74 Å². The van der Waals surface area contributed by atoms with Crippen molar-refractivity contribution in [3.8, 4) is 0 Å². The number of hydrogen-bond acceptors (Lipinski definition) is 3. The topological polar surface area (TPSA) is 58.6 Å². The summed E-state index contributed by atoms with van der Waals surface area (Å²) in [6, 6.07) is 10.7. The number of amides is 2. The van der Waals surface area contributed by atoms with E-state index in [1.807, 2.05) is 19.9 Å². The molecule has 160 valence electrons. The molecule has 1 aromatic carbocycles. The third-order valence-corrected chi connectivity index (χ3v) is 6.26. The molecular weight excluding hydrogens is 364 g/mol. The number of nitrogens with zero attached hydrogens (tertiary/aromatic N) is 1. The Morgan fingerprint density at radius 2 is 1.72 bits per heavy atom. The molecule has 5 heteroatoms. The average molecular weight is 401 g/mol. The monoisotopic (exact) mass is 400 g/mol. The minimum Gasteiger partial charge on any atom is -0.449 e. The SMILES string of the molecule is CC(C)COC(=O)N1CCC(C(=O)NC(Cc2ccccc2)C2CCCC2)CC1. The second-order valence-electron chi connectivity index (χ2n) is 9.08. The molecule has 1 saturated carbocycles. The van der Waals surface area contributed by atoms with E-state index in [9.17, 15) is 9.59 Å². The Kier molecular flexibility index (Phi) is 7.96. The zero-order chi connectivity index (χ0) is 20.6. The smallest absolute Gasteiger partial charge is 0.409 e. The Morgan fingerprint density at radius 1 is 1.07 bits per heavy atom. The van der Waals surface area contributed by atoms with Crippen LogP contribution in [0.25, 0.3) is 0 Å². The minimum atomic E-state index is -0.245. The molecule has 1 atom stereocenters. The van der Waals surface area contributed by atoms with E-state index in [0.29, 0.717) is 44.4 Å². The largest absolute Gasteiger partial charge is 0.449 e. The Bertz CT molecular complexity index is 647. The molecule has 2 amide bonds. The first-order valence-corrected chi connectivity index (χ1v) is 11.3. The summed E-state index contributed by atoms with van der Waals surface area (Å²) in [7, 11) is 0. The fraction of sp³-hybridized carbons (Fsp3) is 0.667. The van der Waals surface area contributed by atoms with Gasteiger partial charge in [-0.05, 0) is 49.5 Å². The van der Waals surface area contributed by atoms with E-state index in [-0.39, 0.29) is 24.0 Å². The Hall–Kier alpha value is -2.04. The van der Waals surface area contributed by atoms with Crippen LogP contribution in [-0.4, -0.2) is 42.6 Å². The van der Waals surface area contributed by atoms with Crippen LogP contribution in [0.4, 0.5) is 4.79 Å². The van der Waals surface area contributed by atoms with E-state index in [1.165, 1.54) is 31.2 Å². The standard InChI is InChI=1S/C24H36N2O3/c1-18(2)17-29-24(28)26-14-12-21(13-15-26)23(27)25-22(20-10-6-7-11-20)16-19-8-4-3-5-9-19/h3-5,8-9,18,20-22H,6-7,10-17H2,1-2H3,(H,25,27). The third-order valence-electron chi connectivity index (χ3n) is 6.26. The number of hydrogen-bond donors (Lipinski definition) is 1. The summed E-state index contributed by atoms with van der Waals surface area (Å²) in [5.41, 5.74) is 1.28. The van der Waals surface area contributed by atoms with Crippen molar-refractivity contribution in [2.45, 2.75) is 64.8 Å². The number of piperidine rings is 1. The van der Waals surface area contributed by atoms with Gasteiger partial charge >= 0.3 is 6.09 Å². The van der Waals surface area contributed by atoms with Crippen molar-refractivity contribution < 1.29 is 14.3 Å². The molecule has 0 radical (unpaired) electrons. The van der Waals surface area contributed by atoms with Gasteiger partial charge in [-0.3, -0.25) is 4.79 Å². The molecule has 1 aromatic rings. The van der Waals surface area contributed by atoms with Gasteiger partial charge in [0.2, 0.25) is 5.91 Å². The van der Waals surface area contributed by atoms with E-state index in [1.54, 1.807) is 4.90 Å². The van der Waals surface area contributed by atoms with Gasteiger partial charge in [-0.1, -0.05) is 57.0 Å². The maximum Gasteiger partial charge on any atom is 0.409 e. The lowest BCUT2D eigenvalue weighted by atomic mass is 9.90. The van der Waals surface area contributed by atoms with Gasteiger partial charge in [-0.15, -0.1) is 0 Å². The zero-order valence-electron chi connectivity index (χ0n) is 17.9. The number of carbonyl (C=O) groups excluding carboxylic acids is 2. The van der Waals surface area contributed by atoms with Crippen molar-refractivity contribution >= 4 is 12.0 Å². The zero-order valence-corrected chi connectivity index (χ0v) is 17.9. The van der Waals surface area contributed by atoms with Crippen molar-refractivity contribution in [1.82, 2.24) is 10.2 Å². The minimum absolute atomic E-state index is 0.0103. The van der Waals surface area contributed by atoms with Gasteiger partial charge in [0.25, 0.3) is 0 Å². The lowest BCUT2D eigenvalue weighted by Gasteiger charge is -2.33. The Morgan fingerprint density at radius 3 is 2.34 bits per heavy atom. The lowest BCUT2D eigenvalue weighted by molar-refractivity contribution is -0.127. The highest BCUT2D eigenvalue weighted by Crippen LogP contribution is 2.30. The van der Waals surface area contributed by atoms with Crippen molar-refractivity contribution in [3.63, 3.8) is 0 Å². The fourth-order valence-electron chi connectivity index (χ4n) is 4.52. The summed E-state index contributed by atoms with van der Waals surface area (Å²) in [6.45, 7) is 5.70. The van der Waals surface area contributed by atoms with Crippen LogP contribution in [0.2, 0.25) is 0 Å². The van der Waals surface area contributed by atoms with Gasteiger partial charge in [0.05, 0.1) is 6.61 Å². The second-order valence-corrected chi connectivity index (χ2v) is 9.08. The molecule has 1 aliphatic carbocycles. The van der Waals surface area contributed by atoms with Crippen LogP contribution in [-0.2, 0) is 16.0 Å². The Balaban J connectivity index is 1.51. The molecule has 1 aliphatic heterocycles. The van der Waals surface area contributed by atoms with E-state index in [0.717, 1.165) is 6.42 Å². The van der Waals surface area contributed by atoms with Gasteiger partial charge in [-0.2, -0.15) is 0 Å². The van der Waals surface area contributed by atoms with E-state index in [2.05, 4.69) is 29.6 Å². The van der Waals surface area contributed by atoms with Crippen molar-refractivity contribution in [2.75, 3.05) is 19.7 Å². The van der Waals surface area contributed by atoms with Crippen LogP contribution in [0.3, 0.4) is 0 Å². The predicted octanol–water partition coefficient (Wildman–Crippen LogP) is 4.41. The first kappa shape index (κ1) is 21.7. The molecule has 29 heavy (non-hydrogen) atoms. The Labute approximate surface area is 175 Å². The molecule has 5 nitrogen and oxygen atoms in total. The summed E-state index contributed by atoms with van der Waals surface area (Å²) in [6.07, 6.45) is 7.03. The molecule has 1 unspecified atom stereocenters. The molecule has 3 rings (SSSR count).